The quantitative estimate of drug-likeness (QED) is 0.824. The highest BCUT2D eigenvalue weighted by molar-refractivity contribution is 5.58. The number of rotatable bonds is 2. The van der Waals surface area contributed by atoms with Gasteiger partial charge in [0, 0.05) is 24.2 Å². The summed E-state index contributed by atoms with van der Waals surface area (Å²) in [7, 11) is 1.96. The van der Waals surface area contributed by atoms with Gasteiger partial charge < -0.3 is 5.73 Å². The number of nitrogen functional groups attached to an aromatic ring is 1. The number of aromatic nitrogens is 3. The van der Waals surface area contributed by atoms with Gasteiger partial charge in [0.25, 0.3) is 0 Å². The van der Waals surface area contributed by atoms with Gasteiger partial charge in [-0.2, -0.15) is 5.10 Å². The van der Waals surface area contributed by atoms with Crippen molar-refractivity contribution in [3.63, 3.8) is 0 Å². The topological polar surface area (TPSA) is 56.7 Å². The van der Waals surface area contributed by atoms with Gasteiger partial charge in [-0.3, -0.25) is 0 Å². The molecule has 18 heavy (non-hydrogen) atoms. The van der Waals surface area contributed by atoms with Crippen LogP contribution in [0.5, 0.6) is 0 Å². The largest absolute Gasteiger partial charge is 0.399 e. The fourth-order valence-corrected chi connectivity index (χ4v) is 2.64. The molecule has 2 aromatic rings. The molecule has 1 fully saturated rings. The monoisotopic (exact) mass is 242 g/mol. The minimum atomic E-state index is 0.554. The van der Waals surface area contributed by atoms with E-state index in [2.05, 4.69) is 5.10 Å². The van der Waals surface area contributed by atoms with Crippen molar-refractivity contribution in [2.24, 2.45) is 7.05 Å². The maximum atomic E-state index is 5.70. The summed E-state index contributed by atoms with van der Waals surface area (Å²) in [5.74, 6) is 2.48. The number of nitrogens with zero attached hydrogens (tertiary/aromatic N) is 3. The van der Waals surface area contributed by atoms with Crippen molar-refractivity contribution in [3.8, 4) is 11.4 Å². The lowest BCUT2D eigenvalue weighted by Crippen LogP contribution is -1.97. The summed E-state index contributed by atoms with van der Waals surface area (Å²) in [6.07, 6.45) is 5.07. The van der Waals surface area contributed by atoms with Gasteiger partial charge in [-0.15, -0.1) is 0 Å². The number of nitrogens with two attached hydrogens (primary N) is 1. The Labute approximate surface area is 107 Å². The minimum Gasteiger partial charge on any atom is -0.399 e. The molecule has 0 bridgehead atoms. The van der Waals surface area contributed by atoms with Crippen molar-refractivity contribution in [1.29, 1.82) is 0 Å². The molecule has 0 amide bonds. The zero-order valence-corrected chi connectivity index (χ0v) is 10.6. The Morgan fingerprint density at radius 1 is 1.17 bits per heavy atom. The first kappa shape index (κ1) is 11.3. The highest BCUT2D eigenvalue weighted by Gasteiger charge is 2.22. The van der Waals surface area contributed by atoms with E-state index in [1.54, 1.807) is 0 Å². The summed E-state index contributed by atoms with van der Waals surface area (Å²) in [6.45, 7) is 0. The van der Waals surface area contributed by atoms with Crippen LogP contribution in [-0.2, 0) is 7.05 Å². The molecule has 2 N–H and O–H groups in total. The van der Waals surface area contributed by atoms with E-state index in [-0.39, 0.29) is 0 Å². The Morgan fingerprint density at radius 2 is 1.83 bits per heavy atom. The summed E-state index contributed by atoms with van der Waals surface area (Å²) >= 11 is 0. The van der Waals surface area contributed by atoms with Crippen LogP contribution in [0.15, 0.2) is 24.3 Å². The van der Waals surface area contributed by atoms with E-state index in [1.807, 2.05) is 36.0 Å². The van der Waals surface area contributed by atoms with Crippen molar-refractivity contribution >= 4 is 5.69 Å². The molecule has 0 aliphatic heterocycles. The lowest BCUT2D eigenvalue weighted by Gasteiger charge is -2.01. The van der Waals surface area contributed by atoms with E-state index in [0.29, 0.717) is 5.92 Å². The molecule has 4 heteroatoms. The summed E-state index contributed by atoms with van der Waals surface area (Å²) in [5.41, 5.74) is 7.55. The second-order valence-electron chi connectivity index (χ2n) is 5.02. The second-order valence-corrected chi connectivity index (χ2v) is 5.02. The van der Waals surface area contributed by atoms with Gasteiger partial charge in [0.2, 0.25) is 0 Å². The van der Waals surface area contributed by atoms with E-state index in [0.717, 1.165) is 22.9 Å². The third-order valence-corrected chi connectivity index (χ3v) is 3.67. The molecule has 94 valence electrons. The van der Waals surface area contributed by atoms with Gasteiger partial charge in [0.05, 0.1) is 0 Å². The smallest absolute Gasteiger partial charge is 0.158 e. The molecule has 1 heterocycles. The first-order valence-electron chi connectivity index (χ1n) is 6.51. The van der Waals surface area contributed by atoms with Crippen LogP contribution in [0.25, 0.3) is 11.4 Å². The first-order valence-corrected chi connectivity index (χ1v) is 6.51. The van der Waals surface area contributed by atoms with E-state index in [1.165, 1.54) is 25.7 Å². The van der Waals surface area contributed by atoms with Crippen LogP contribution in [0.2, 0.25) is 0 Å². The predicted molar refractivity (Wildman–Crippen MR) is 72.1 cm³/mol. The molecule has 1 aliphatic carbocycles. The minimum absolute atomic E-state index is 0.554. The second kappa shape index (κ2) is 4.44. The maximum absolute atomic E-state index is 5.70. The van der Waals surface area contributed by atoms with Crippen LogP contribution in [0.3, 0.4) is 0 Å². The average Bonchev–Trinajstić information content (AvgIpc) is 2.99. The average molecular weight is 242 g/mol. The van der Waals surface area contributed by atoms with Crippen molar-refractivity contribution in [3.05, 3.63) is 30.1 Å². The predicted octanol–water partition coefficient (Wildman–Crippen LogP) is 2.72. The van der Waals surface area contributed by atoms with E-state index >= 15 is 0 Å². The summed E-state index contributed by atoms with van der Waals surface area (Å²) in [5, 5.41) is 4.57. The van der Waals surface area contributed by atoms with E-state index in [9.17, 15) is 0 Å². The molecule has 1 aromatic carbocycles. The number of aryl methyl sites for hydroxylation is 1. The number of hydrogen-bond acceptors (Lipinski definition) is 3. The fourth-order valence-electron chi connectivity index (χ4n) is 2.64. The summed E-state index contributed by atoms with van der Waals surface area (Å²) < 4.78 is 1.87. The number of benzene rings is 1. The van der Waals surface area contributed by atoms with Gasteiger partial charge >= 0.3 is 0 Å². The Balaban J connectivity index is 1.94. The zero-order chi connectivity index (χ0) is 12.5. The van der Waals surface area contributed by atoms with Crippen LogP contribution in [0.4, 0.5) is 5.69 Å². The van der Waals surface area contributed by atoms with Crippen LogP contribution >= 0.6 is 0 Å². The normalized spacial score (nSPS) is 16.3. The molecule has 1 aliphatic rings. The molecule has 0 atom stereocenters. The maximum Gasteiger partial charge on any atom is 0.158 e. The van der Waals surface area contributed by atoms with Gasteiger partial charge in [0.1, 0.15) is 0 Å². The molecule has 0 unspecified atom stereocenters. The van der Waals surface area contributed by atoms with Gasteiger partial charge in [0.15, 0.2) is 11.6 Å². The third-order valence-electron chi connectivity index (χ3n) is 3.67. The molecule has 0 radical (unpaired) electrons. The summed E-state index contributed by atoms with van der Waals surface area (Å²) in [4.78, 5) is 4.70. The zero-order valence-electron chi connectivity index (χ0n) is 10.6. The Kier molecular flexibility index (Phi) is 2.78. The molecule has 3 rings (SSSR count). The van der Waals surface area contributed by atoms with Gasteiger partial charge in [-0.1, -0.05) is 12.8 Å². The molecule has 1 aromatic heterocycles. The number of anilines is 1. The molecular weight excluding hydrogens is 224 g/mol. The first-order chi connectivity index (χ1) is 8.74. The Bertz CT molecular complexity index is 535. The number of hydrogen-bond donors (Lipinski definition) is 1. The molecule has 1 saturated carbocycles. The Morgan fingerprint density at radius 3 is 2.50 bits per heavy atom. The lowest BCUT2D eigenvalue weighted by molar-refractivity contribution is 0.648. The third kappa shape index (κ3) is 1.98. The van der Waals surface area contributed by atoms with E-state index in [4.69, 9.17) is 10.7 Å². The highest BCUT2D eigenvalue weighted by Crippen LogP contribution is 2.33. The van der Waals surface area contributed by atoms with Crippen molar-refractivity contribution in [2.45, 2.75) is 31.6 Å². The lowest BCUT2D eigenvalue weighted by atomic mass is 10.1. The molecular formula is C14H18N4. The van der Waals surface area contributed by atoms with E-state index < -0.39 is 0 Å². The highest BCUT2D eigenvalue weighted by atomic mass is 15.3. The van der Waals surface area contributed by atoms with Crippen LogP contribution in [-0.4, -0.2) is 14.8 Å². The Hall–Kier alpha value is -1.84. The van der Waals surface area contributed by atoms with Crippen molar-refractivity contribution in [2.75, 3.05) is 5.73 Å². The standard InChI is InChI=1S/C14H18N4/c1-18-14(11-6-8-12(15)9-7-11)16-13(17-18)10-4-2-3-5-10/h6-10H,2-5,15H2,1H3. The fraction of sp³-hybridized carbons (Fsp3) is 0.429. The van der Waals surface area contributed by atoms with Crippen molar-refractivity contribution in [1.82, 2.24) is 14.8 Å². The summed E-state index contributed by atoms with van der Waals surface area (Å²) in [6, 6.07) is 7.80. The van der Waals surface area contributed by atoms with Crippen LogP contribution in [0, 0.1) is 0 Å². The molecule has 0 spiro atoms. The van der Waals surface area contributed by atoms with Gasteiger partial charge in [-0.05, 0) is 37.1 Å². The van der Waals surface area contributed by atoms with Gasteiger partial charge in [-0.25, -0.2) is 9.67 Å². The van der Waals surface area contributed by atoms with Crippen molar-refractivity contribution < 1.29 is 0 Å². The van der Waals surface area contributed by atoms with Crippen LogP contribution < -0.4 is 5.73 Å². The van der Waals surface area contributed by atoms with Crippen LogP contribution in [0.1, 0.15) is 37.4 Å². The molecule has 0 saturated heterocycles. The SMILES string of the molecule is Cn1nc(C2CCCC2)nc1-c1ccc(N)cc1. The molecule has 4 nitrogen and oxygen atoms in total.